The lowest BCUT2D eigenvalue weighted by Crippen LogP contribution is -2.16. The van der Waals surface area contributed by atoms with Gasteiger partial charge < -0.3 is 14.0 Å². The van der Waals surface area contributed by atoms with E-state index in [-0.39, 0.29) is 5.97 Å². The molecule has 0 saturated heterocycles. The number of carbonyl (C=O) groups is 2. The van der Waals surface area contributed by atoms with Crippen LogP contribution in [0.4, 0.5) is 10.5 Å². The monoisotopic (exact) mass is 474 g/mol. The molecule has 0 aliphatic carbocycles. The van der Waals surface area contributed by atoms with E-state index in [1.807, 2.05) is 36.4 Å². The van der Waals surface area contributed by atoms with Crippen LogP contribution in [0.25, 0.3) is 11.3 Å². The number of hydrogen-bond donors (Lipinski definition) is 1. The Morgan fingerprint density at radius 2 is 1.94 bits per heavy atom. The van der Waals surface area contributed by atoms with E-state index in [1.54, 1.807) is 30.8 Å². The normalized spacial score (nSPS) is 11.6. The second kappa shape index (κ2) is 11.6. The van der Waals surface area contributed by atoms with E-state index in [1.165, 1.54) is 13.4 Å². The number of aromatic nitrogens is 1. The van der Waals surface area contributed by atoms with Crippen LogP contribution < -0.4 is 5.32 Å². The first-order chi connectivity index (χ1) is 15.5. The first-order valence-electron chi connectivity index (χ1n) is 9.88. The molecule has 0 aliphatic heterocycles. The number of hydrogen-bond acceptors (Lipinski definition) is 7. The topological polar surface area (TPSA) is 90.7 Å². The molecule has 0 saturated carbocycles. The van der Waals surface area contributed by atoms with Gasteiger partial charge in [-0.05, 0) is 18.6 Å². The minimum absolute atomic E-state index is 0.210. The Kier molecular flexibility index (Phi) is 8.58. The zero-order valence-corrected chi connectivity index (χ0v) is 19.2. The Hall–Kier alpha value is -2.97. The highest BCUT2D eigenvalue weighted by atomic mass is 35.5. The Bertz CT molecular complexity index is 1050. The summed E-state index contributed by atoms with van der Waals surface area (Å²) in [5.41, 5.74) is 3.51. The average Bonchev–Trinajstić information content (AvgIpc) is 3.25. The van der Waals surface area contributed by atoms with Gasteiger partial charge in [0.15, 0.2) is 0 Å². The predicted octanol–water partition coefficient (Wildman–Crippen LogP) is 6.10. The molecule has 1 aromatic heterocycles. The van der Waals surface area contributed by atoms with Crippen LogP contribution in [0.3, 0.4) is 0 Å². The fraction of sp³-hybridized carbons (Fsp3) is 0.261. The van der Waals surface area contributed by atoms with Gasteiger partial charge in [0, 0.05) is 27.7 Å². The van der Waals surface area contributed by atoms with Crippen molar-refractivity contribution in [2.75, 3.05) is 18.2 Å². The molecule has 0 unspecified atom stereocenters. The maximum Gasteiger partial charge on any atom is 0.412 e. The Morgan fingerprint density at radius 1 is 1.19 bits per heavy atom. The predicted molar refractivity (Wildman–Crippen MR) is 125 cm³/mol. The molecule has 3 rings (SSSR count). The molecular formula is C23H23ClN2O5S. The second-order valence-corrected chi connectivity index (χ2v) is 8.36. The van der Waals surface area contributed by atoms with Gasteiger partial charge in [0.25, 0.3) is 0 Å². The van der Waals surface area contributed by atoms with E-state index in [2.05, 4.69) is 15.2 Å². The van der Waals surface area contributed by atoms with Crippen molar-refractivity contribution in [3.63, 3.8) is 0 Å². The number of methoxy groups -OCH3 is 1. The molecule has 0 radical (unpaired) electrons. The van der Waals surface area contributed by atoms with Gasteiger partial charge in [0.2, 0.25) is 0 Å². The van der Waals surface area contributed by atoms with E-state index in [0.717, 1.165) is 22.4 Å². The summed E-state index contributed by atoms with van der Waals surface area (Å²) < 4.78 is 15.1. The molecule has 1 N–H and O–H groups in total. The van der Waals surface area contributed by atoms with Crippen LogP contribution in [0, 0.1) is 0 Å². The molecule has 168 valence electrons. The van der Waals surface area contributed by atoms with Crippen LogP contribution >= 0.6 is 23.4 Å². The highest BCUT2D eigenvalue weighted by molar-refractivity contribution is 7.98. The molecule has 1 heterocycles. The van der Waals surface area contributed by atoms with E-state index in [0.29, 0.717) is 28.6 Å². The highest BCUT2D eigenvalue weighted by Crippen LogP contribution is 2.29. The number of halogens is 1. The molecule has 1 amide bonds. The van der Waals surface area contributed by atoms with E-state index >= 15 is 0 Å². The molecule has 2 aromatic carbocycles. The van der Waals surface area contributed by atoms with Crippen LogP contribution in [0.5, 0.6) is 0 Å². The number of thioether (sulfide) groups is 1. The number of benzene rings is 2. The third kappa shape index (κ3) is 6.51. The zero-order valence-electron chi connectivity index (χ0n) is 17.7. The summed E-state index contributed by atoms with van der Waals surface area (Å²) in [5.74, 6) is 1.26. The number of nitrogens with one attached hydrogen (secondary N) is 1. The lowest BCUT2D eigenvalue weighted by atomic mass is 10.1. The van der Waals surface area contributed by atoms with Crippen molar-refractivity contribution in [3.8, 4) is 11.3 Å². The quantitative estimate of drug-likeness (QED) is 0.296. The highest BCUT2D eigenvalue weighted by Gasteiger charge is 2.18. The largest absolute Gasteiger partial charge is 0.469 e. The van der Waals surface area contributed by atoms with Gasteiger partial charge in [0.1, 0.15) is 23.7 Å². The Labute approximate surface area is 195 Å². The van der Waals surface area contributed by atoms with E-state index in [4.69, 9.17) is 20.9 Å². The number of esters is 1. The molecule has 7 nitrogen and oxygen atoms in total. The third-order valence-corrected chi connectivity index (χ3v) is 5.98. The first kappa shape index (κ1) is 23.7. The van der Waals surface area contributed by atoms with Crippen LogP contribution in [0.1, 0.15) is 30.6 Å². The number of carbonyl (C=O) groups excluding carboxylic acids is 2. The van der Waals surface area contributed by atoms with Crippen molar-refractivity contribution in [3.05, 3.63) is 70.9 Å². The van der Waals surface area contributed by atoms with Gasteiger partial charge >= 0.3 is 12.1 Å². The summed E-state index contributed by atoms with van der Waals surface area (Å²) in [7, 11) is 1.39. The number of ether oxygens (including phenoxy) is 2. The molecule has 1 atom stereocenters. The van der Waals surface area contributed by atoms with Crippen molar-refractivity contribution >= 4 is 41.1 Å². The summed E-state index contributed by atoms with van der Waals surface area (Å²) in [6.45, 7) is 1.75. The number of rotatable bonds is 9. The van der Waals surface area contributed by atoms with Gasteiger partial charge in [-0.2, -0.15) is 11.8 Å². The summed E-state index contributed by atoms with van der Waals surface area (Å²) in [5, 5.41) is 7.20. The average molecular weight is 475 g/mol. The van der Waals surface area contributed by atoms with E-state index in [9.17, 15) is 9.59 Å². The van der Waals surface area contributed by atoms with Gasteiger partial charge in [-0.3, -0.25) is 10.1 Å². The summed E-state index contributed by atoms with van der Waals surface area (Å²) in [4.78, 5) is 23.5. The number of amides is 1. The first-order valence-corrected chi connectivity index (χ1v) is 11.4. The summed E-state index contributed by atoms with van der Waals surface area (Å²) >= 11 is 7.82. The van der Waals surface area contributed by atoms with Gasteiger partial charge in [-0.15, -0.1) is 0 Å². The Balaban J connectivity index is 1.57. The molecule has 0 spiro atoms. The smallest absolute Gasteiger partial charge is 0.412 e. The molecule has 9 heteroatoms. The summed E-state index contributed by atoms with van der Waals surface area (Å²) in [6.07, 6.45) is 0.578. The third-order valence-electron chi connectivity index (χ3n) is 4.61. The number of nitrogens with zero attached hydrogens (tertiary/aromatic N) is 1. The lowest BCUT2D eigenvalue weighted by molar-refractivity contribution is -0.140. The van der Waals surface area contributed by atoms with Crippen molar-refractivity contribution in [2.24, 2.45) is 0 Å². The number of anilines is 1. The van der Waals surface area contributed by atoms with Crippen molar-refractivity contribution in [1.82, 2.24) is 5.16 Å². The fourth-order valence-corrected chi connectivity index (χ4v) is 4.08. The molecule has 0 aliphatic rings. The molecule has 3 aromatic rings. The van der Waals surface area contributed by atoms with Crippen LogP contribution in [0.15, 0.2) is 59.3 Å². The standard InChI is InChI=1S/C23H23ClN2O5S/c1-15(18-5-3-4-6-19(18)24)31-23(28)25-20-13-30-26-22(20)17-9-7-16(8-10-17)14-32-12-11-21(27)29-2/h3-10,13,15H,11-12,14H2,1-2H3,(H,25,28)/t15-/m1/s1. The zero-order chi connectivity index (χ0) is 22.9. The maximum atomic E-state index is 12.4. The SMILES string of the molecule is COC(=O)CCSCc1ccc(-c2nocc2NC(=O)O[C@H](C)c2ccccc2Cl)cc1. The van der Waals surface area contributed by atoms with Crippen molar-refractivity contribution in [2.45, 2.75) is 25.2 Å². The van der Waals surface area contributed by atoms with Gasteiger partial charge in [-0.25, -0.2) is 4.79 Å². The van der Waals surface area contributed by atoms with Gasteiger partial charge in [-0.1, -0.05) is 59.2 Å². The minimum atomic E-state index is -0.638. The van der Waals surface area contributed by atoms with Crippen molar-refractivity contribution in [1.29, 1.82) is 0 Å². The van der Waals surface area contributed by atoms with E-state index < -0.39 is 12.2 Å². The molecule has 0 fully saturated rings. The molecule has 32 heavy (non-hydrogen) atoms. The minimum Gasteiger partial charge on any atom is -0.469 e. The maximum absolute atomic E-state index is 12.4. The summed E-state index contributed by atoms with van der Waals surface area (Å²) in [6, 6.07) is 14.9. The van der Waals surface area contributed by atoms with Crippen molar-refractivity contribution < 1.29 is 23.6 Å². The van der Waals surface area contributed by atoms with Crippen LogP contribution in [0.2, 0.25) is 5.02 Å². The molecular weight excluding hydrogens is 452 g/mol. The molecule has 0 bridgehead atoms. The fourth-order valence-electron chi connectivity index (χ4n) is 2.91. The lowest BCUT2D eigenvalue weighted by Gasteiger charge is -2.15. The van der Waals surface area contributed by atoms with Gasteiger partial charge in [0.05, 0.1) is 13.5 Å². The second-order valence-electron chi connectivity index (χ2n) is 6.85. The van der Waals surface area contributed by atoms with Crippen LogP contribution in [-0.4, -0.2) is 30.1 Å². The van der Waals surface area contributed by atoms with Crippen LogP contribution in [-0.2, 0) is 20.0 Å². The Morgan fingerprint density at radius 3 is 2.66 bits per heavy atom.